The lowest BCUT2D eigenvalue weighted by atomic mass is 9.41. The van der Waals surface area contributed by atoms with E-state index >= 15 is 0 Å². The molecule has 0 aromatic heterocycles. The van der Waals surface area contributed by atoms with Gasteiger partial charge >= 0.3 is 5.97 Å². The number of carbonyl (C=O) groups excluding carboxylic acids is 1. The number of fused-ring (bicyclic) bond motifs is 2. The fraction of sp³-hybridized carbons (Fsp3) is 0.969. The lowest BCUT2D eigenvalue weighted by molar-refractivity contribution is -0.181. The van der Waals surface area contributed by atoms with Crippen LogP contribution in [0.5, 0.6) is 0 Å². The summed E-state index contributed by atoms with van der Waals surface area (Å²) in [5, 5.41) is 0. The summed E-state index contributed by atoms with van der Waals surface area (Å²) in [6.45, 7) is 19.3. The molecular weight excluding hydrogens is 416 g/mol. The van der Waals surface area contributed by atoms with Gasteiger partial charge in [0.1, 0.15) is 6.10 Å². The van der Waals surface area contributed by atoms with Gasteiger partial charge in [-0.25, -0.2) is 0 Å². The van der Waals surface area contributed by atoms with Gasteiger partial charge < -0.3 is 4.74 Å². The summed E-state index contributed by atoms with van der Waals surface area (Å²) in [7, 11) is 0. The molecular formula is C32H54O2. The largest absolute Gasteiger partial charge is 0.462 e. The van der Waals surface area contributed by atoms with Crippen LogP contribution >= 0.6 is 0 Å². The van der Waals surface area contributed by atoms with E-state index in [0.29, 0.717) is 21.7 Å². The van der Waals surface area contributed by atoms with Crippen molar-refractivity contribution in [3.05, 3.63) is 0 Å². The minimum atomic E-state index is -0.0892. The van der Waals surface area contributed by atoms with E-state index in [-0.39, 0.29) is 17.5 Å². The van der Waals surface area contributed by atoms with Crippen LogP contribution in [0.25, 0.3) is 0 Å². The molecule has 0 N–H and O–H groups in total. The molecule has 0 saturated heterocycles. The Morgan fingerprint density at radius 3 is 2.18 bits per heavy atom. The van der Waals surface area contributed by atoms with Crippen LogP contribution in [0.15, 0.2) is 0 Å². The quantitative estimate of drug-likeness (QED) is 0.362. The molecule has 0 amide bonds. The lowest BCUT2D eigenvalue weighted by Gasteiger charge is -2.63. The van der Waals surface area contributed by atoms with E-state index < -0.39 is 0 Å². The van der Waals surface area contributed by atoms with Crippen molar-refractivity contribution in [3.63, 3.8) is 0 Å². The van der Waals surface area contributed by atoms with Crippen molar-refractivity contribution in [1.82, 2.24) is 0 Å². The number of hydrogen-bond acceptors (Lipinski definition) is 2. The van der Waals surface area contributed by atoms with Gasteiger partial charge in [0, 0.05) is 12.3 Å². The summed E-state index contributed by atoms with van der Waals surface area (Å²) in [5.41, 5.74) is 2.30. The highest BCUT2D eigenvalue weighted by Crippen LogP contribution is 2.89. The highest BCUT2D eigenvalue weighted by Gasteiger charge is 2.82. The molecule has 0 unspecified atom stereocenters. The van der Waals surface area contributed by atoms with Crippen LogP contribution in [0.2, 0.25) is 0 Å². The molecule has 2 nitrogen and oxygen atoms in total. The Balaban J connectivity index is 1.37. The second kappa shape index (κ2) is 7.98. The van der Waals surface area contributed by atoms with Crippen LogP contribution in [-0.2, 0) is 9.53 Å². The maximum Gasteiger partial charge on any atom is 0.302 e. The molecule has 2 spiro atoms. The number of carbonyl (C=O) groups is 1. The Labute approximate surface area is 210 Å². The zero-order chi connectivity index (χ0) is 24.7. The van der Waals surface area contributed by atoms with Gasteiger partial charge in [0.15, 0.2) is 0 Å². The monoisotopic (exact) mass is 470 g/mol. The SMILES string of the molecule is CC(=O)O[C@H]1CC[C@]23C[C@]24CC[C@]2(C)[C@@H]([C@H](C)CCCC(C)C)CC[C@@]2(C)[C@H]4CC[C@@H]3C1(C)C. The van der Waals surface area contributed by atoms with E-state index in [1.807, 2.05) is 0 Å². The highest BCUT2D eigenvalue weighted by atomic mass is 16.5. The Kier molecular flexibility index (Phi) is 5.90. The summed E-state index contributed by atoms with van der Waals surface area (Å²) in [5.74, 6) is 4.20. The smallest absolute Gasteiger partial charge is 0.302 e. The minimum Gasteiger partial charge on any atom is -0.462 e. The molecule has 34 heavy (non-hydrogen) atoms. The number of rotatable bonds is 6. The zero-order valence-electron chi connectivity index (χ0n) is 23.8. The van der Waals surface area contributed by atoms with Gasteiger partial charge in [-0.05, 0) is 109 Å². The second-order valence-electron chi connectivity index (χ2n) is 15.4. The summed E-state index contributed by atoms with van der Waals surface area (Å²) in [6.07, 6.45) is 16.9. The van der Waals surface area contributed by atoms with Crippen molar-refractivity contribution in [2.45, 2.75) is 139 Å². The van der Waals surface area contributed by atoms with Gasteiger partial charge in [-0.15, -0.1) is 0 Å². The first kappa shape index (κ1) is 25.1. The maximum atomic E-state index is 11.8. The second-order valence-corrected chi connectivity index (χ2v) is 15.4. The van der Waals surface area contributed by atoms with Crippen LogP contribution < -0.4 is 0 Å². The maximum absolute atomic E-state index is 11.8. The third kappa shape index (κ3) is 3.21. The van der Waals surface area contributed by atoms with Gasteiger partial charge in [-0.2, -0.15) is 0 Å². The standard InChI is InChI=1S/C32H54O2/c1-21(2)10-9-11-22(3)24-14-16-30(8)26-13-12-25-28(5,6)27(34-23(4)33)15-17-31(25)20-32(26,31)19-18-29(24,30)7/h21-22,24-27H,9-20H2,1-8H3/t22-,24-,25-,26-,27+,29-,30+,31-,32+/m1/s1. The third-order valence-corrected chi connectivity index (χ3v) is 13.5. The van der Waals surface area contributed by atoms with Crippen molar-refractivity contribution in [3.8, 4) is 0 Å². The molecule has 5 rings (SSSR count). The summed E-state index contributed by atoms with van der Waals surface area (Å²) < 4.78 is 5.91. The predicted molar refractivity (Wildman–Crippen MR) is 140 cm³/mol. The molecule has 0 bridgehead atoms. The highest BCUT2D eigenvalue weighted by molar-refractivity contribution is 5.66. The first-order valence-corrected chi connectivity index (χ1v) is 15.0. The average Bonchev–Trinajstić information content (AvgIpc) is 3.32. The molecule has 5 fully saturated rings. The van der Waals surface area contributed by atoms with Gasteiger partial charge in [0.2, 0.25) is 0 Å². The van der Waals surface area contributed by atoms with Crippen molar-refractivity contribution in [2.24, 2.45) is 56.7 Å². The molecule has 194 valence electrons. The van der Waals surface area contributed by atoms with Gasteiger partial charge in [-0.1, -0.05) is 67.7 Å². The fourth-order valence-electron chi connectivity index (χ4n) is 11.7. The lowest BCUT2D eigenvalue weighted by Crippen LogP contribution is -2.58. The zero-order valence-corrected chi connectivity index (χ0v) is 23.8. The molecule has 0 aromatic carbocycles. The summed E-state index contributed by atoms with van der Waals surface area (Å²) in [6, 6.07) is 0. The first-order chi connectivity index (χ1) is 15.8. The topological polar surface area (TPSA) is 26.3 Å². The van der Waals surface area contributed by atoms with E-state index in [4.69, 9.17) is 4.74 Å². The van der Waals surface area contributed by atoms with Crippen LogP contribution in [0.4, 0.5) is 0 Å². The van der Waals surface area contributed by atoms with Gasteiger partial charge in [-0.3, -0.25) is 4.79 Å². The molecule has 0 aliphatic heterocycles. The molecule has 9 atom stereocenters. The third-order valence-electron chi connectivity index (χ3n) is 13.5. The minimum absolute atomic E-state index is 0.0892. The van der Waals surface area contributed by atoms with Crippen molar-refractivity contribution in [2.75, 3.05) is 0 Å². The molecule has 5 saturated carbocycles. The number of hydrogen-bond donors (Lipinski definition) is 0. The number of ether oxygens (including phenoxy) is 1. The van der Waals surface area contributed by atoms with Crippen molar-refractivity contribution < 1.29 is 9.53 Å². The Morgan fingerprint density at radius 2 is 1.50 bits per heavy atom. The van der Waals surface area contributed by atoms with E-state index in [2.05, 4.69) is 48.5 Å². The molecule has 0 radical (unpaired) electrons. The van der Waals surface area contributed by atoms with Crippen molar-refractivity contribution >= 4 is 5.97 Å². The summed E-state index contributed by atoms with van der Waals surface area (Å²) in [4.78, 5) is 11.8. The number of esters is 1. The molecule has 0 heterocycles. The van der Waals surface area contributed by atoms with Crippen LogP contribution in [-0.4, -0.2) is 12.1 Å². The first-order valence-electron chi connectivity index (χ1n) is 15.0. The van der Waals surface area contributed by atoms with E-state index in [0.717, 1.165) is 36.0 Å². The van der Waals surface area contributed by atoms with Crippen molar-refractivity contribution in [1.29, 1.82) is 0 Å². The summed E-state index contributed by atoms with van der Waals surface area (Å²) >= 11 is 0. The molecule has 0 aromatic rings. The Morgan fingerprint density at radius 1 is 0.824 bits per heavy atom. The predicted octanol–water partition coefficient (Wildman–Crippen LogP) is 8.82. The average molecular weight is 471 g/mol. The van der Waals surface area contributed by atoms with Crippen LogP contribution in [0.1, 0.15) is 132 Å². The normalized spacial score (nSPS) is 49.4. The van der Waals surface area contributed by atoms with Crippen LogP contribution in [0, 0.1) is 56.7 Å². The molecule has 5 aliphatic rings. The van der Waals surface area contributed by atoms with Gasteiger partial charge in [0.05, 0.1) is 0 Å². The Bertz CT molecular complexity index is 814. The molecule has 5 aliphatic carbocycles. The molecule has 2 heteroatoms. The Hall–Kier alpha value is -0.530. The van der Waals surface area contributed by atoms with E-state index in [1.165, 1.54) is 70.6 Å². The van der Waals surface area contributed by atoms with E-state index in [9.17, 15) is 4.79 Å². The van der Waals surface area contributed by atoms with E-state index in [1.54, 1.807) is 6.92 Å². The van der Waals surface area contributed by atoms with Gasteiger partial charge in [0.25, 0.3) is 0 Å². The fourth-order valence-corrected chi connectivity index (χ4v) is 11.7. The van der Waals surface area contributed by atoms with Crippen LogP contribution in [0.3, 0.4) is 0 Å².